The first-order valence-corrected chi connectivity index (χ1v) is 9.38. The van der Waals surface area contributed by atoms with E-state index in [4.69, 9.17) is 5.11 Å². The van der Waals surface area contributed by atoms with Crippen molar-refractivity contribution in [2.45, 2.75) is 50.1 Å². The Bertz CT molecular complexity index is 660. The third kappa shape index (κ3) is 4.53. The lowest BCUT2D eigenvalue weighted by atomic mass is 10.0. The van der Waals surface area contributed by atoms with Crippen molar-refractivity contribution in [1.82, 2.24) is 9.62 Å². The van der Waals surface area contributed by atoms with Gasteiger partial charge in [0.1, 0.15) is 0 Å². The van der Waals surface area contributed by atoms with Crippen LogP contribution in [0.1, 0.15) is 43.5 Å². The molecule has 23 heavy (non-hydrogen) atoms. The van der Waals surface area contributed by atoms with Crippen LogP contribution in [0.15, 0.2) is 29.2 Å². The first-order valence-electron chi connectivity index (χ1n) is 7.90. The Morgan fingerprint density at radius 3 is 2.83 bits per heavy atom. The third-order valence-electron chi connectivity index (χ3n) is 4.38. The molecule has 6 nitrogen and oxygen atoms in total. The zero-order chi connectivity index (χ0) is 17.0. The zero-order valence-corrected chi connectivity index (χ0v) is 14.3. The summed E-state index contributed by atoms with van der Waals surface area (Å²) in [5, 5.41) is 8.97. The van der Waals surface area contributed by atoms with Gasteiger partial charge in [-0.05, 0) is 51.4 Å². The molecular weight excluding hydrogens is 316 g/mol. The first kappa shape index (κ1) is 17.9. The second kappa shape index (κ2) is 7.42. The minimum absolute atomic E-state index is 0.0173. The topological polar surface area (TPSA) is 86.7 Å². The van der Waals surface area contributed by atoms with Crippen LogP contribution in [-0.4, -0.2) is 49.6 Å². The van der Waals surface area contributed by atoms with Gasteiger partial charge in [0.25, 0.3) is 0 Å². The molecule has 2 atom stereocenters. The molecule has 0 aliphatic carbocycles. The quantitative estimate of drug-likeness (QED) is 0.826. The monoisotopic (exact) mass is 340 g/mol. The molecule has 1 aromatic carbocycles. The van der Waals surface area contributed by atoms with Crippen LogP contribution in [0.5, 0.6) is 0 Å². The number of nitrogens with one attached hydrogen (secondary N) is 1. The molecule has 0 aromatic heterocycles. The van der Waals surface area contributed by atoms with E-state index in [-0.39, 0.29) is 16.5 Å². The van der Waals surface area contributed by atoms with Gasteiger partial charge in [-0.15, -0.1) is 0 Å². The molecule has 128 valence electrons. The molecule has 0 bridgehead atoms. The van der Waals surface area contributed by atoms with Crippen LogP contribution in [0.2, 0.25) is 0 Å². The molecule has 2 N–H and O–H groups in total. The van der Waals surface area contributed by atoms with Gasteiger partial charge in [-0.1, -0.05) is 12.5 Å². The minimum atomic E-state index is -3.71. The largest absolute Gasteiger partial charge is 0.478 e. The highest BCUT2D eigenvalue weighted by Gasteiger charge is 2.24. The van der Waals surface area contributed by atoms with Crippen molar-refractivity contribution in [2.24, 2.45) is 0 Å². The molecule has 0 unspecified atom stereocenters. The van der Waals surface area contributed by atoms with Gasteiger partial charge in [0.05, 0.1) is 10.5 Å². The van der Waals surface area contributed by atoms with Crippen LogP contribution in [0.4, 0.5) is 0 Å². The van der Waals surface area contributed by atoms with Gasteiger partial charge in [-0.25, -0.2) is 17.9 Å². The fourth-order valence-corrected chi connectivity index (χ4v) is 4.17. The molecule has 1 fully saturated rings. The molecule has 0 saturated carbocycles. The Hall–Kier alpha value is -1.44. The van der Waals surface area contributed by atoms with E-state index in [1.54, 1.807) is 0 Å². The molecule has 1 aromatic rings. The Morgan fingerprint density at radius 1 is 1.43 bits per heavy atom. The maximum Gasteiger partial charge on any atom is 0.335 e. The summed E-state index contributed by atoms with van der Waals surface area (Å²) in [6, 6.07) is 5.95. The number of nitrogens with zero attached hydrogens (tertiary/aromatic N) is 1. The molecule has 1 saturated heterocycles. The molecule has 2 rings (SSSR count). The van der Waals surface area contributed by atoms with Gasteiger partial charge in [0, 0.05) is 18.6 Å². The number of carboxylic acids is 1. The van der Waals surface area contributed by atoms with Crippen LogP contribution in [0.25, 0.3) is 0 Å². The van der Waals surface area contributed by atoms with Crippen LogP contribution in [0, 0.1) is 0 Å². The van der Waals surface area contributed by atoms with Gasteiger partial charge in [-0.3, -0.25) is 4.90 Å². The maximum atomic E-state index is 12.4. The summed E-state index contributed by atoms with van der Waals surface area (Å²) in [4.78, 5) is 13.3. The predicted octanol–water partition coefficient (Wildman–Crippen LogP) is 1.93. The fourth-order valence-electron chi connectivity index (χ4n) is 3.00. The Morgan fingerprint density at radius 2 is 2.17 bits per heavy atom. The second-order valence-corrected chi connectivity index (χ2v) is 7.88. The molecule has 1 aliphatic heterocycles. The second-order valence-electron chi connectivity index (χ2n) is 6.12. The van der Waals surface area contributed by atoms with Crippen molar-refractivity contribution >= 4 is 16.0 Å². The Kier molecular flexibility index (Phi) is 5.78. The van der Waals surface area contributed by atoms with Gasteiger partial charge in [-0.2, -0.15) is 0 Å². The summed E-state index contributed by atoms with van der Waals surface area (Å²) in [5.74, 6) is -1.14. The molecule has 0 spiro atoms. The number of hydrogen-bond donors (Lipinski definition) is 2. The number of carbonyl (C=O) groups is 1. The van der Waals surface area contributed by atoms with E-state index in [0.29, 0.717) is 12.6 Å². The first-order chi connectivity index (χ1) is 10.8. The molecule has 1 heterocycles. The number of piperidine rings is 1. The van der Waals surface area contributed by atoms with Crippen molar-refractivity contribution in [2.75, 3.05) is 13.1 Å². The molecule has 0 amide bonds. The van der Waals surface area contributed by atoms with E-state index < -0.39 is 16.0 Å². The summed E-state index contributed by atoms with van der Waals surface area (Å²) in [7, 11) is -3.71. The number of hydrogen-bond acceptors (Lipinski definition) is 4. The van der Waals surface area contributed by atoms with E-state index in [0.717, 1.165) is 19.4 Å². The summed E-state index contributed by atoms with van der Waals surface area (Å²) >= 11 is 0. The predicted molar refractivity (Wildman–Crippen MR) is 88.1 cm³/mol. The highest BCUT2D eigenvalue weighted by atomic mass is 32.2. The van der Waals surface area contributed by atoms with Crippen molar-refractivity contribution in [3.8, 4) is 0 Å². The number of aromatic carboxylic acids is 1. The Balaban J connectivity index is 2.03. The van der Waals surface area contributed by atoms with E-state index in [2.05, 4.69) is 16.5 Å². The minimum Gasteiger partial charge on any atom is -0.478 e. The number of carboxylic acid groups (broad SMARTS) is 1. The van der Waals surface area contributed by atoms with Crippen molar-refractivity contribution in [3.63, 3.8) is 0 Å². The molecule has 0 radical (unpaired) electrons. The lowest BCUT2D eigenvalue weighted by molar-refractivity contribution is 0.0696. The summed E-state index contributed by atoms with van der Waals surface area (Å²) in [5.41, 5.74) is -0.0365. The molecular formula is C16H24N2O4S. The fraction of sp³-hybridized carbons (Fsp3) is 0.562. The van der Waals surface area contributed by atoms with E-state index in [1.807, 2.05) is 6.92 Å². The zero-order valence-electron chi connectivity index (χ0n) is 13.5. The van der Waals surface area contributed by atoms with Crippen molar-refractivity contribution in [3.05, 3.63) is 29.8 Å². The highest BCUT2D eigenvalue weighted by molar-refractivity contribution is 7.89. The van der Waals surface area contributed by atoms with E-state index in [9.17, 15) is 13.2 Å². The van der Waals surface area contributed by atoms with Crippen LogP contribution in [0.3, 0.4) is 0 Å². The van der Waals surface area contributed by atoms with Gasteiger partial charge < -0.3 is 5.11 Å². The SMILES string of the molecule is C[C@@H]1CCCCN1[C@@H](C)CNS(=O)(=O)c1cccc(C(=O)O)c1. The average molecular weight is 340 g/mol. The lowest BCUT2D eigenvalue weighted by Gasteiger charge is -2.38. The van der Waals surface area contributed by atoms with Gasteiger partial charge in [0.15, 0.2) is 0 Å². The number of likely N-dealkylation sites (tertiary alicyclic amines) is 1. The average Bonchev–Trinajstić information content (AvgIpc) is 2.53. The standard InChI is InChI=1S/C16H24N2O4S/c1-12-6-3-4-9-18(12)13(2)11-17-23(21,22)15-8-5-7-14(10-15)16(19)20/h5,7-8,10,12-13,17H,3-4,6,9,11H2,1-2H3,(H,19,20)/t12-,13+/m1/s1. The normalized spacial score (nSPS) is 21.0. The summed E-state index contributed by atoms with van der Waals surface area (Å²) in [6.07, 6.45) is 3.50. The molecule has 7 heteroatoms. The van der Waals surface area contributed by atoms with Crippen LogP contribution < -0.4 is 4.72 Å². The third-order valence-corrected chi connectivity index (χ3v) is 5.80. The summed E-state index contributed by atoms with van der Waals surface area (Å²) < 4.78 is 27.3. The van der Waals surface area contributed by atoms with Crippen LogP contribution >= 0.6 is 0 Å². The Labute approximate surface area is 137 Å². The van der Waals surface area contributed by atoms with Gasteiger partial charge >= 0.3 is 5.97 Å². The number of benzene rings is 1. The lowest BCUT2D eigenvalue weighted by Crippen LogP contribution is -2.48. The van der Waals surface area contributed by atoms with Crippen molar-refractivity contribution < 1.29 is 18.3 Å². The van der Waals surface area contributed by atoms with Crippen molar-refractivity contribution in [1.29, 1.82) is 0 Å². The van der Waals surface area contributed by atoms with E-state index >= 15 is 0 Å². The molecule has 1 aliphatic rings. The number of rotatable bonds is 6. The highest BCUT2D eigenvalue weighted by Crippen LogP contribution is 2.19. The van der Waals surface area contributed by atoms with Crippen LogP contribution in [-0.2, 0) is 10.0 Å². The number of sulfonamides is 1. The van der Waals surface area contributed by atoms with Gasteiger partial charge in [0.2, 0.25) is 10.0 Å². The van der Waals surface area contributed by atoms with E-state index in [1.165, 1.54) is 30.7 Å². The smallest absolute Gasteiger partial charge is 0.335 e. The maximum absolute atomic E-state index is 12.4. The summed E-state index contributed by atoms with van der Waals surface area (Å²) in [6.45, 7) is 5.47.